The number of aliphatic hydroxyl groups excluding tert-OH is 1. The molecule has 0 saturated carbocycles. The minimum Gasteiger partial charge on any atom is -0.514 e. The number of esters is 1. The largest absolute Gasteiger partial charge is 0.514 e. The van der Waals surface area contributed by atoms with Crippen LogP contribution in [0.25, 0.3) is 11.1 Å². The van der Waals surface area contributed by atoms with Gasteiger partial charge in [0, 0.05) is 19.7 Å². The van der Waals surface area contributed by atoms with Gasteiger partial charge in [0.2, 0.25) is 0 Å². The second-order valence-corrected chi connectivity index (χ2v) is 7.15. The van der Waals surface area contributed by atoms with Crippen LogP contribution in [-0.2, 0) is 14.9 Å². The highest BCUT2D eigenvalue weighted by molar-refractivity contribution is 5.97. The Morgan fingerprint density at radius 2 is 2.04 bits per heavy atom. The maximum atomic E-state index is 11.6. The Balaban J connectivity index is 1.60. The van der Waals surface area contributed by atoms with Gasteiger partial charge in [-0.15, -0.1) is 0 Å². The van der Waals surface area contributed by atoms with Crippen LogP contribution in [0.2, 0.25) is 0 Å². The molecule has 0 amide bonds. The van der Waals surface area contributed by atoms with Crippen LogP contribution in [0.3, 0.4) is 0 Å². The fourth-order valence-corrected chi connectivity index (χ4v) is 3.49. The Morgan fingerprint density at radius 3 is 2.75 bits per heavy atom. The molecule has 0 bridgehead atoms. The monoisotopic (exact) mass is 397 g/mol. The quantitative estimate of drug-likeness (QED) is 0.523. The van der Waals surface area contributed by atoms with E-state index in [9.17, 15) is 9.90 Å². The second kappa shape index (κ2) is 10.1. The predicted octanol–water partition coefficient (Wildman–Crippen LogP) is 1.88. The van der Waals surface area contributed by atoms with Crippen LogP contribution in [0.5, 0.6) is 5.75 Å². The summed E-state index contributed by atoms with van der Waals surface area (Å²) in [6, 6.07) is 13.6. The summed E-state index contributed by atoms with van der Waals surface area (Å²) in [4.78, 5) is 11.6. The zero-order chi connectivity index (χ0) is 19.9. The number of rotatable bonds is 8. The summed E-state index contributed by atoms with van der Waals surface area (Å²) in [6.07, 6.45) is 1.41. The number of fused-ring (bicyclic) bond motifs is 1. The van der Waals surface area contributed by atoms with Crippen LogP contribution in [0, 0.1) is 0 Å². The molecule has 28 heavy (non-hydrogen) atoms. The Labute approximate surface area is 173 Å². The van der Waals surface area contributed by atoms with Crippen molar-refractivity contribution < 1.29 is 23.2 Å². The maximum Gasteiger partial charge on any atom is 0.369 e. The first-order valence-electron chi connectivity index (χ1n) is 9.29. The lowest BCUT2D eigenvalue weighted by Crippen LogP contribution is -2.38. The van der Waals surface area contributed by atoms with Crippen molar-refractivity contribution in [1.29, 1.82) is 0 Å². The van der Waals surface area contributed by atoms with Crippen LogP contribution in [-0.4, -0.2) is 66.7 Å². The molecule has 2 atom stereocenters. The average Bonchev–Trinajstić information content (AvgIpc) is 2.73. The molecule has 1 heterocycles. The van der Waals surface area contributed by atoms with Crippen LogP contribution in [0.1, 0.15) is 22.3 Å². The van der Waals surface area contributed by atoms with Gasteiger partial charge >= 0.3 is 22.6 Å². The fourth-order valence-electron chi connectivity index (χ4n) is 3.27. The van der Waals surface area contributed by atoms with Gasteiger partial charge in [-0.1, -0.05) is 18.2 Å². The molecule has 2 N–H and O–H groups in total. The SMILES string of the molecule is COC(=O)c1ccc(-c2ccc3c(c2)CC[C@H](CNC[C@H](O)C[O][Al])O3)cc1. The Hall–Kier alpha value is -1.88. The molecule has 0 spiro atoms. The second-order valence-electron chi connectivity index (χ2n) is 6.82. The minimum absolute atomic E-state index is 0.0850. The molecule has 0 aromatic heterocycles. The molecule has 146 valence electrons. The number of aryl methyl sites for hydroxylation is 1. The van der Waals surface area contributed by atoms with Crippen LogP contribution in [0.15, 0.2) is 42.5 Å². The first-order valence-corrected chi connectivity index (χ1v) is 9.76. The third-order valence-electron chi connectivity index (χ3n) is 4.77. The van der Waals surface area contributed by atoms with E-state index in [2.05, 4.69) is 28.0 Å². The number of ether oxygens (including phenoxy) is 2. The molecule has 0 fully saturated rings. The van der Waals surface area contributed by atoms with Crippen LogP contribution < -0.4 is 10.1 Å². The molecule has 2 aromatic rings. The Morgan fingerprint density at radius 1 is 1.29 bits per heavy atom. The number of benzene rings is 2. The molecule has 7 heteroatoms. The van der Waals surface area contributed by atoms with E-state index >= 15 is 0 Å². The zero-order valence-corrected chi connectivity index (χ0v) is 17.0. The highest BCUT2D eigenvalue weighted by atomic mass is 27.1. The fraction of sp³-hybridized carbons (Fsp3) is 0.381. The average molecular weight is 397 g/mol. The molecule has 2 radical (unpaired) electrons. The normalized spacial score (nSPS) is 16.7. The maximum absolute atomic E-state index is 11.6. The van der Waals surface area contributed by atoms with Crippen molar-refractivity contribution >= 4 is 22.6 Å². The van der Waals surface area contributed by atoms with Crippen molar-refractivity contribution in [2.45, 2.75) is 25.0 Å². The van der Waals surface area contributed by atoms with Gasteiger partial charge in [-0.05, 0) is 53.8 Å². The summed E-state index contributed by atoms with van der Waals surface area (Å²) < 4.78 is 15.7. The number of hydrogen-bond donors (Lipinski definition) is 2. The van der Waals surface area contributed by atoms with E-state index in [0.717, 1.165) is 29.7 Å². The van der Waals surface area contributed by atoms with E-state index in [1.807, 2.05) is 24.3 Å². The van der Waals surface area contributed by atoms with Gasteiger partial charge in [-0.2, -0.15) is 0 Å². The van der Waals surface area contributed by atoms with E-state index in [4.69, 9.17) is 13.3 Å². The summed E-state index contributed by atoms with van der Waals surface area (Å²) in [7, 11) is 1.38. The lowest BCUT2D eigenvalue weighted by molar-refractivity contribution is 0.0600. The van der Waals surface area contributed by atoms with Crippen molar-refractivity contribution in [2.24, 2.45) is 0 Å². The highest BCUT2D eigenvalue weighted by Crippen LogP contribution is 2.32. The number of aliphatic hydroxyl groups is 1. The van der Waals surface area contributed by atoms with Crippen LogP contribution in [0.4, 0.5) is 0 Å². The van der Waals surface area contributed by atoms with Crippen molar-refractivity contribution in [2.75, 3.05) is 26.8 Å². The third-order valence-corrected chi connectivity index (χ3v) is 4.96. The molecule has 6 nitrogen and oxygen atoms in total. The van der Waals surface area contributed by atoms with Crippen LogP contribution >= 0.6 is 0 Å². The summed E-state index contributed by atoms with van der Waals surface area (Å²) in [5.74, 6) is 0.570. The minimum atomic E-state index is -0.526. The molecule has 0 saturated heterocycles. The van der Waals surface area contributed by atoms with Gasteiger partial charge in [0.15, 0.2) is 0 Å². The first kappa shape index (κ1) is 20.8. The molecular formula is C21H24AlNO5. The number of nitrogens with one attached hydrogen (secondary N) is 1. The number of carbonyl (C=O) groups is 1. The Kier molecular flexibility index (Phi) is 7.49. The summed E-state index contributed by atoms with van der Waals surface area (Å²) in [5.41, 5.74) is 3.86. The van der Waals surface area contributed by atoms with E-state index in [1.165, 1.54) is 12.7 Å². The molecule has 0 unspecified atom stereocenters. The van der Waals surface area contributed by atoms with E-state index in [1.54, 1.807) is 12.1 Å². The van der Waals surface area contributed by atoms with Crippen molar-refractivity contribution in [3.63, 3.8) is 0 Å². The summed E-state index contributed by atoms with van der Waals surface area (Å²) in [6.45, 7) is 1.45. The highest BCUT2D eigenvalue weighted by Gasteiger charge is 2.20. The smallest absolute Gasteiger partial charge is 0.369 e. The summed E-state index contributed by atoms with van der Waals surface area (Å²) in [5, 5.41) is 12.9. The lowest BCUT2D eigenvalue weighted by atomic mass is 9.96. The lowest BCUT2D eigenvalue weighted by Gasteiger charge is -2.27. The van der Waals surface area contributed by atoms with Crippen molar-refractivity contribution in [1.82, 2.24) is 5.32 Å². The van der Waals surface area contributed by atoms with Gasteiger partial charge < -0.3 is 23.7 Å². The molecule has 3 rings (SSSR count). The predicted molar refractivity (Wildman–Crippen MR) is 107 cm³/mol. The number of hydrogen-bond acceptors (Lipinski definition) is 6. The first-order chi connectivity index (χ1) is 13.6. The summed E-state index contributed by atoms with van der Waals surface area (Å²) >= 11 is 2.14. The molecule has 2 aromatic carbocycles. The van der Waals surface area contributed by atoms with E-state index in [0.29, 0.717) is 18.7 Å². The molecule has 1 aliphatic rings. The topological polar surface area (TPSA) is 77.0 Å². The zero-order valence-electron chi connectivity index (χ0n) is 15.9. The number of methoxy groups -OCH3 is 1. The van der Waals surface area contributed by atoms with Gasteiger partial charge in [0.05, 0.1) is 18.8 Å². The van der Waals surface area contributed by atoms with E-state index < -0.39 is 6.10 Å². The molecule has 1 aliphatic heterocycles. The van der Waals surface area contributed by atoms with Gasteiger partial charge in [0.25, 0.3) is 0 Å². The van der Waals surface area contributed by atoms with Gasteiger partial charge in [-0.25, -0.2) is 4.79 Å². The Bertz CT molecular complexity index is 796. The van der Waals surface area contributed by atoms with Gasteiger partial charge in [-0.3, -0.25) is 0 Å². The molecular weight excluding hydrogens is 373 g/mol. The molecule has 0 aliphatic carbocycles. The third kappa shape index (κ3) is 5.34. The van der Waals surface area contributed by atoms with E-state index in [-0.39, 0.29) is 18.7 Å². The van der Waals surface area contributed by atoms with Crippen molar-refractivity contribution in [3.8, 4) is 16.9 Å². The van der Waals surface area contributed by atoms with Crippen molar-refractivity contribution in [3.05, 3.63) is 53.6 Å². The van der Waals surface area contributed by atoms with Gasteiger partial charge in [0.1, 0.15) is 11.9 Å². The number of carbonyl (C=O) groups excluding carboxylic acids is 1. The standard InChI is InChI=1S/C21H24NO5.Al/c1-26-21(25)15-4-2-14(3-5-15)16-7-9-20-17(10-16)6-8-19(27-20)12-22-11-18(24)13-23;/h2-5,7,9-10,18-19,22,24H,6,8,11-13H2,1H3;/q-1;+1/t18-,19+;/m0./s1.